The highest BCUT2D eigenvalue weighted by Crippen LogP contribution is 2.16. The molecule has 2 atom stereocenters. The summed E-state index contributed by atoms with van der Waals surface area (Å²) in [6.07, 6.45) is -1.02. The fraction of sp³-hybridized carbons (Fsp3) is 0.833. The Morgan fingerprint density at radius 1 is 1.90 bits per heavy atom. The van der Waals surface area contributed by atoms with Gasteiger partial charge in [0, 0.05) is 6.42 Å². The van der Waals surface area contributed by atoms with Crippen molar-refractivity contribution in [3.8, 4) is 0 Å². The lowest BCUT2D eigenvalue weighted by molar-refractivity contribution is -0.145. The van der Waals surface area contributed by atoms with Gasteiger partial charge in [0.1, 0.15) is 18.9 Å². The van der Waals surface area contributed by atoms with Crippen molar-refractivity contribution in [1.29, 1.82) is 0 Å². The van der Waals surface area contributed by atoms with Gasteiger partial charge in [0.05, 0.1) is 0 Å². The molecule has 1 fully saturated rings. The largest absolute Gasteiger partial charge is 0.459 e. The van der Waals surface area contributed by atoms with Gasteiger partial charge in [-0.25, -0.2) is 4.39 Å². The van der Waals surface area contributed by atoms with E-state index in [1.54, 1.807) is 0 Å². The summed E-state index contributed by atoms with van der Waals surface area (Å²) in [6, 6.07) is 0. The zero-order chi connectivity index (χ0) is 7.56. The van der Waals surface area contributed by atoms with Crippen molar-refractivity contribution in [1.82, 2.24) is 0 Å². The van der Waals surface area contributed by atoms with E-state index in [9.17, 15) is 9.18 Å². The Kier molecular flexibility index (Phi) is 2.21. The number of carbonyl (C=O) groups is 1. The van der Waals surface area contributed by atoms with Gasteiger partial charge in [0.25, 0.3) is 0 Å². The summed E-state index contributed by atoms with van der Waals surface area (Å²) in [7, 11) is 0. The van der Waals surface area contributed by atoms with Crippen LogP contribution in [0.3, 0.4) is 0 Å². The molecule has 10 heavy (non-hydrogen) atoms. The van der Waals surface area contributed by atoms with Crippen molar-refractivity contribution in [3.63, 3.8) is 0 Å². The zero-order valence-electron chi connectivity index (χ0n) is 5.42. The Balaban J connectivity index is 2.36. The molecule has 1 aliphatic heterocycles. The van der Waals surface area contributed by atoms with Crippen LogP contribution in [0.15, 0.2) is 0 Å². The second-order valence-electron chi connectivity index (χ2n) is 2.29. The Hall–Kier alpha value is -0.640. The Labute approximate surface area is 57.8 Å². The van der Waals surface area contributed by atoms with E-state index in [1.165, 1.54) is 0 Å². The van der Waals surface area contributed by atoms with Gasteiger partial charge in [-0.2, -0.15) is 0 Å². The highest BCUT2D eigenvalue weighted by atomic mass is 19.1. The molecule has 1 aliphatic rings. The topological polar surface area (TPSA) is 46.5 Å². The Morgan fingerprint density at radius 2 is 2.60 bits per heavy atom. The Bertz CT molecular complexity index is 137. The molecule has 0 spiro atoms. The second-order valence-corrected chi connectivity index (χ2v) is 2.29. The van der Waals surface area contributed by atoms with Gasteiger partial charge in [0.2, 0.25) is 0 Å². The predicted molar refractivity (Wildman–Crippen MR) is 31.1 cm³/mol. The number of halogens is 1. The summed E-state index contributed by atoms with van der Waals surface area (Å²) in [5, 5.41) is 8.82. The Morgan fingerprint density at radius 3 is 3.00 bits per heavy atom. The van der Waals surface area contributed by atoms with Gasteiger partial charge in [0.15, 0.2) is 0 Å². The lowest BCUT2D eigenvalue weighted by Gasteiger charge is -2.12. The van der Waals surface area contributed by atoms with Crippen LogP contribution in [0.1, 0.15) is 12.8 Å². The minimum atomic E-state index is -1.13. The molecule has 3 nitrogen and oxygen atoms in total. The van der Waals surface area contributed by atoms with Gasteiger partial charge < -0.3 is 9.84 Å². The van der Waals surface area contributed by atoms with Crippen LogP contribution in [0.5, 0.6) is 0 Å². The van der Waals surface area contributed by atoms with E-state index >= 15 is 0 Å². The van der Waals surface area contributed by atoms with Crippen molar-refractivity contribution in [2.45, 2.75) is 25.0 Å². The van der Waals surface area contributed by atoms with E-state index in [4.69, 9.17) is 5.11 Å². The molecule has 1 heterocycles. The van der Waals surface area contributed by atoms with Crippen molar-refractivity contribution >= 4 is 5.97 Å². The lowest BCUT2D eigenvalue weighted by Crippen LogP contribution is -2.27. The highest BCUT2D eigenvalue weighted by Gasteiger charge is 2.29. The van der Waals surface area contributed by atoms with Crippen LogP contribution >= 0.6 is 0 Å². The van der Waals surface area contributed by atoms with E-state index < -0.39 is 18.9 Å². The van der Waals surface area contributed by atoms with Crippen LogP contribution in [-0.4, -0.2) is 30.0 Å². The molecule has 1 rings (SSSR count). The van der Waals surface area contributed by atoms with Gasteiger partial charge in [-0.15, -0.1) is 0 Å². The van der Waals surface area contributed by atoms with Crippen LogP contribution in [-0.2, 0) is 9.53 Å². The standard InChI is InChI=1S/C6H9FO3/c7-3-4(8)5-1-2-6(9)10-5/h4-5,8H,1-3H2/t4-,5+/m1/s1. The van der Waals surface area contributed by atoms with Gasteiger partial charge >= 0.3 is 5.97 Å². The van der Waals surface area contributed by atoms with E-state index in [0.29, 0.717) is 12.8 Å². The number of aliphatic hydroxyl groups excluding tert-OH is 1. The number of esters is 1. The summed E-state index contributed by atoms with van der Waals surface area (Å²) in [4.78, 5) is 10.4. The summed E-state index contributed by atoms with van der Waals surface area (Å²) in [6.45, 7) is -0.849. The maximum absolute atomic E-state index is 11.7. The van der Waals surface area contributed by atoms with Crippen LogP contribution < -0.4 is 0 Å². The van der Waals surface area contributed by atoms with Crippen molar-refractivity contribution in [3.05, 3.63) is 0 Å². The SMILES string of the molecule is O=C1CC[C@@H]([C@H](O)CF)O1. The van der Waals surface area contributed by atoms with Gasteiger partial charge in [-0.05, 0) is 6.42 Å². The summed E-state index contributed by atoms with van der Waals surface area (Å²) < 4.78 is 16.3. The first kappa shape index (κ1) is 7.47. The summed E-state index contributed by atoms with van der Waals surface area (Å²) >= 11 is 0. The molecule has 0 aliphatic carbocycles. The minimum Gasteiger partial charge on any atom is -0.459 e. The molecule has 0 saturated carbocycles. The summed E-state index contributed by atoms with van der Waals surface area (Å²) in [5.41, 5.74) is 0. The molecule has 0 aromatic rings. The monoisotopic (exact) mass is 148 g/mol. The zero-order valence-corrected chi connectivity index (χ0v) is 5.42. The third-order valence-electron chi connectivity index (χ3n) is 1.50. The number of hydrogen-bond donors (Lipinski definition) is 1. The normalized spacial score (nSPS) is 28.2. The molecule has 0 aromatic carbocycles. The van der Waals surface area contributed by atoms with Crippen molar-refractivity contribution in [2.75, 3.05) is 6.67 Å². The number of aliphatic hydroxyl groups is 1. The first-order chi connectivity index (χ1) is 4.74. The number of alkyl halides is 1. The quantitative estimate of drug-likeness (QED) is 0.561. The maximum atomic E-state index is 11.7. The molecule has 1 saturated heterocycles. The van der Waals surface area contributed by atoms with E-state index in [2.05, 4.69) is 4.74 Å². The molecule has 0 radical (unpaired) electrons. The summed E-state index contributed by atoms with van der Waals surface area (Å²) in [5.74, 6) is -0.350. The second kappa shape index (κ2) is 2.96. The van der Waals surface area contributed by atoms with Crippen LogP contribution in [0.2, 0.25) is 0 Å². The fourth-order valence-corrected chi connectivity index (χ4v) is 0.917. The molecule has 0 amide bonds. The molecule has 0 bridgehead atoms. The van der Waals surface area contributed by atoms with E-state index in [1.807, 2.05) is 0 Å². The maximum Gasteiger partial charge on any atom is 0.306 e. The molecule has 58 valence electrons. The van der Waals surface area contributed by atoms with Crippen molar-refractivity contribution < 1.29 is 19.0 Å². The molecular weight excluding hydrogens is 139 g/mol. The molecule has 0 unspecified atom stereocenters. The number of cyclic esters (lactones) is 1. The van der Waals surface area contributed by atoms with Crippen molar-refractivity contribution in [2.24, 2.45) is 0 Å². The first-order valence-electron chi connectivity index (χ1n) is 3.17. The smallest absolute Gasteiger partial charge is 0.306 e. The molecule has 4 heteroatoms. The number of hydrogen-bond acceptors (Lipinski definition) is 3. The minimum absolute atomic E-state index is 0.293. The fourth-order valence-electron chi connectivity index (χ4n) is 0.917. The molecule has 1 N–H and O–H groups in total. The highest BCUT2D eigenvalue weighted by molar-refractivity contribution is 5.71. The van der Waals surface area contributed by atoms with Crippen LogP contribution in [0.4, 0.5) is 4.39 Å². The number of ether oxygens (including phenoxy) is 1. The molecular formula is C6H9FO3. The average Bonchev–Trinajstić information content (AvgIpc) is 2.34. The number of rotatable bonds is 2. The third kappa shape index (κ3) is 1.44. The van der Waals surface area contributed by atoms with Gasteiger partial charge in [-0.1, -0.05) is 0 Å². The predicted octanol–water partition coefficient (Wildman–Crippen LogP) is 0.0224. The van der Waals surface area contributed by atoms with Crippen LogP contribution in [0.25, 0.3) is 0 Å². The number of carbonyl (C=O) groups excluding carboxylic acids is 1. The van der Waals surface area contributed by atoms with Gasteiger partial charge in [-0.3, -0.25) is 4.79 Å². The molecule has 0 aromatic heterocycles. The first-order valence-corrected chi connectivity index (χ1v) is 3.17. The third-order valence-corrected chi connectivity index (χ3v) is 1.50. The lowest BCUT2D eigenvalue weighted by atomic mass is 10.1. The average molecular weight is 148 g/mol. The van der Waals surface area contributed by atoms with E-state index in [-0.39, 0.29) is 5.97 Å². The van der Waals surface area contributed by atoms with E-state index in [0.717, 1.165) is 0 Å². The van der Waals surface area contributed by atoms with Crippen LogP contribution in [0, 0.1) is 0 Å².